The summed E-state index contributed by atoms with van der Waals surface area (Å²) < 4.78 is 1.23. The number of amides is 1. The SMILES string of the molecule is C[C@H]1CNCCN1C(=O)CCn1[nH]c(=O)c2ccccc2c1=O. The standard InChI is InChI=1S/C16H20N4O3/c1-11-10-17-7-9-19(11)14(21)6-8-20-16(23)13-5-3-2-4-12(13)15(22)18-20/h2-5,11,17H,6-10H2,1H3,(H,18,22)/t11-/m0/s1. The van der Waals surface area contributed by atoms with Gasteiger partial charge >= 0.3 is 0 Å². The fourth-order valence-corrected chi connectivity index (χ4v) is 2.97. The molecule has 7 nitrogen and oxygen atoms in total. The van der Waals surface area contributed by atoms with E-state index in [-0.39, 0.29) is 36.0 Å². The number of H-pyrrole nitrogens is 1. The Morgan fingerprint density at radius 1 is 1.26 bits per heavy atom. The van der Waals surface area contributed by atoms with Crippen molar-refractivity contribution in [3.05, 3.63) is 45.0 Å². The van der Waals surface area contributed by atoms with Crippen LogP contribution in [0.15, 0.2) is 33.9 Å². The van der Waals surface area contributed by atoms with Gasteiger partial charge in [0.2, 0.25) is 5.91 Å². The Labute approximate surface area is 132 Å². The Hall–Kier alpha value is -2.41. The van der Waals surface area contributed by atoms with Gasteiger partial charge in [0.15, 0.2) is 0 Å². The highest BCUT2D eigenvalue weighted by molar-refractivity contribution is 5.80. The van der Waals surface area contributed by atoms with E-state index in [4.69, 9.17) is 0 Å². The van der Waals surface area contributed by atoms with Crippen molar-refractivity contribution in [3.63, 3.8) is 0 Å². The van der Waals surface area contributed by atoms with Gasteiger partial charge in [-0.3, -0.25) is 19.5 Å². The predicted octanol–water partition coefficient (Wildman–Crippen LogP) is -0.0998. The lowest BCUT2D eigenvalue weighted by Gasteiger charge is -2.34. The number of piperazine rings is 1. The molecular formula is C16H20N4O3. The first-order valence-electron chi connectivity index (χ1n) is 7.80. The lowest BCUT2D eigenvalue weighted by atomic mass is 10.2. The largest absolute Gasteiger partial charge is 0.337 e. The molecule has 2 heterocycles. The predicted molar refractivity (Wildman–Crippen MR) is 87.5 cm³/mol. The summed E-state index contributed by atoms with van der Waals surface area (Å²) in [7, 11) is 0. The number of hydrogen-bond donors (Lipinski definition) is 2. The number of fused-ring (bicyclic) bond motifs is 1. The molecular weight excluding hydrogens is 296 g/mol. The first-order valence-corrected chi connectivity index (χ1v) is 7.80. The summed E-state index contributed by atoms with van der Waals surface area (Å²) in [6, 6.07) is 6.83. The van der Waals surface area contributed by atoms with Gasteiger partial charge in [-0.25, -0.2) is 4.68 Å². The maximum atomic E-state index is 12.4. The molecule has 1 aliphatic rings. The average Bonchev–Trinajstić information content (AvgIpc) is 2.57. The fourth-order valence-electron chi connectivity index (χ4n) is 2.97. The lowest BCUT2D eigenvalue weighted by molar-refractivity contribution is -0.134. The van der Waals surface area contributed by atoms with Crippen LogP contribution in [0.5, 0.6) is 0 Å². The van der Waals surface area contributed by atoms with Crippen molar-refractivity contribution < 1.29 is 4.79 Å². The van der Waals surface area contributed by atoms with Crippen LogP contribution >= 0.6 is 0 Å². The van der Waals surface area contributed by atoms with Gasteiger partial charge in [-0.05, 0) is 19.1 Å². The Morgan fingerprint density at radius 3 is 2.74 bits per heavy atom. The van der Waals surface area contributed by atoms with E-state index in [9.17, 15) is 14.4 Å². The molecule has 0 aliphatic carbocycles. The summed E-state index contributed by atoms with van der Waals surface area (Å²) in [5.41, 5.74) is -0.593. The quantitative estimate of drug-likeness (QED) is 0.828. The lowest BCUT2D eigenvalue weighted by Crippen LogP contribution is -2.52. The van der Waals surface area contributed by atoms with E-state index in [0.717, 1.165) is 13.1 Å². The van der Waals surface area contributed by atoms with E-state index in [1.54, 1.807) is 24.3 Å². The number of carbonyl (C=O) groups excluding carboxylic acids is 1. The van der Waals surface area contributed by atoms with Crippen LogP contribution < -0.4 is 16.4 Å². The number of carbonyl (C=O) groups is 1. The summed E-state index contributed by atoms with van der Waals surface area (Å²) in [4.78, 5) is 38.6. The fraction of sp³-hybridized carbons (Fsp3) is 0.438. The first-order chi connectivity index (χ1) is 11.1. The number of nitrogens with one attached hydrogen (secondary N) is 2. The molecule has 0 radical (unpaired) electrons. The van der Waals surface area contributed by atoms with Crippen molar-refractivity contribution in [3.8, 4) is 0 Å². The minimum Gasteiger partial charge on any atom is -0.337 e. The third-order valence-corrected chi connectivity index (χ3v) is 4.25. The summed E-state index contributed by atoms with van der Waals surface area (Å²) in [5, 5.41) is 6.53. The minimum atomic E-state index is -0.316. The second-order valence-electron chi connectivity index (χ2n) is 5.83. The van der Waals surface area contributed by atoms with E-state index in [1.807, 2.05) is 11.8 Å². The minimum absolute atomic E-state index is 0.0000856. The molecule has 122 valence electrons. The molecule has 1 aromatic heterocycles. The number of benzene rings is 1. The highest BCUT2D eigenvalue weighted by Crippen LogP contribution is 2.06. The van der Waals surface area contributed by atoms with Gasteiger partial charge in [-0.1, -0.05) is 12.1 Å². The van der Waals surface area contributed by atoms with Crippen molar-refractivity contribution in [1.82, 2.24) is 20.0 Å². The van der Waals surface area contributed by atoms with Crippen molar-refractivity contribution in [2.45, 2.75) is 25.9 Å². The maximum absolute atomic E-state index is 12.4. The molecule has 0 saturated carbocycles. The smallest absolute Gasteiger partial charge is 0.273 e. The highest BCUT2D eigenvalue weighted by atomic mass is 16.2. The van der Waals surface area contributed by atoms with Crippen molar-refractivity contribution in [2.24, 2.45) is 0 Å². The molecule has 3 rings (SSSR count). The Morgan fingerprint density at radius 2 is 2.00 bits per heavy atom. The summed E-state index contributed by atoms with van der Waals surface area (Å²) >= 11 is 0. The van der Waals surface area contributed by atoms with E-state index in [0.29, 0.717) is 17.3 Å². The molecule has 0 unspecified atom stereocenters. The van der Waals surface area contributed by atoms with Gasteiger partial charge in [-0.2, -0.15) is 0 Å². The van der Waals surface area contributed by atoms with Crippen LogP contribution in [-0.2, 0) is 11.3 Å². The molecule has 1 aliphatic heterocycles. The number of aryl methyl sites for hydroxylation is 1. The van der Waals surface area contributed by atoms with E-state index in [2.05, 4.69) is 10.4 Å². The number of nitrogens with zero attached hydrogens (tertiary/aromatic N) is 2. The molecule has 1 fully saturated rings. The second kappa shape index (κ2) is 6.37. The Bertz CT molecular complexity index is 839. The highest BCUT2D eigenvalue weighted by Gasteiger charge is 2.22. The summed E-state index contributed by atoms with van der Waals surface area (Å²) in [6.07, 6.45) is 0.193. The number of hydrogen-bond acceptors (Lipinski definition) is 4. The molecule has 23 heavy (non-hydrogen) atoms. The number of rotatable bonds is 3. The zero-order valence-corrected chi connectivity index (χ0v) is 13.0. The molecule has 2 N–H and O–H groups in total. The molecule has 0 bridgehead atoms. The van der Waals surface area contributed by atoms with Gasteiger partial charge in [0.25, 0.3) is 11.1 Å². The van der Waals surface area contributed by atoms with Crippen LogP contribution in [0.1, 0.15) is 13.3 Å². The third-order valence-electron chi connectivity index (χ3n) is 4.25. The van der Waals surface area contributed by atoms with Gasteiger partial charge in [0.05, 0.1) is 17.3 Å². The Kier molecular flexibility index (Phi) is 4.29. The van der Waals surface area contributed by atoms with Crippen LogP contribution in [0.2, 0.25) is 0 Å². The zero-order valence-electron chi connectivity index (χ0n) is 13.0. The van der Waals surface area contributed by atoms with Crippen molar-refractivity contribution in [1.29, 1.82) is 0 Å². The first kappa shape index (κ1) is 15.5. The van der Waals surface area contributed by atoms with Crippen LogP contribution in [0, 0.1) is 0 Å². The Balaban J connectivity index is 1.80. The van der Waals surface area contributed by atoms with E-state index in [1.165, 1.54) is 4.68 Å². The maximum Gasteiger partial charge on any atom is 0.273 e. The van der Waals surface area contributed by atoms with Gasteiger partial charge in [-0.15, -0.1) is 0 Å². The summed E-state index contributed by atoms with van der Waals surface area (Å²) in [6.45, 7) is 4.40. The molecule has 0 spiro atoms. The van der Waals surface area contributed by atoms with E-state index < -0.39 is 0 Å². The molecule has 1 aromatic carbocycles. The molecule has 2 aromatic rings. The van der Waals surface area contributed by atoms with Crippen molar-refractivity contribution in [2.75, 3.05) is 19.6 Å². The van der Waals surface area contributed by atoms with Crippen LogP contribution in [-0.4, -0.2) is 46.3 Å². The van der Waals surface area contributed by atoms with Gasteiger partial charge in [0.1, 0.15) is 0 Å². The number of aromatic nitrogens is 2. The molecule has 1 amide bonds. The summed E-state index contributed by atoms with van der Waals surface area (Å²) in [5.74, 6) is -0.0000856. The monoisotopic (exact) mass is 316 g/mol. The van der Waals surface area contributed by atoms with Crippen molar-refractivity contribution >= 4 is 16.7 Å². The number of aromatic amines is 1. The molecule has 7 heteroatoms. The van der Waals surface area contributed by atoms with Gasteiger partial charge < -0.3 is 10.2 Å². The molecule has 1 saturated heterocycles. The normalized spacial score (nSPS) is 18.3. The third kappa shape index (κ3) is 3.05. The van der Waals surface area contributed by atoms with E-state index >= 15 is 0 Å². The average molecular weight is 316 g/mol. The van der Waals surface area contributed by atoms with Gasteiger partial charge in [0, 0.05) is 32.1 Å². The second-order valence-corrected chi connectivity index (χ2v) is 5.83. The van der Waals surface area contributed by atoms with Crippen LogP contribution in [0.25, 0.3) is 10.8 Å². The topological polar surface area (TPSA) is 87.2 Å². The molecule has 1 atom stereocenters. The van der Waals surface area contributed by atoms with Crippen LogP contribution in [0.3, 0.4) is 0 Å². The zero-order chi connectivity index (χ0) is 16.4. The van der Waals surface area contributed by atoms with Crippen LogP contribution in [0.4, 0.5) is 0 Å².